The van der Waals surface area contributed by atoms with Crippen LogP contribution < -0.4 is 4.74 Å². The number of carbonyl (C=O) groups is 1. The molecule has 0 aliphatic carbocycles. The van der Waals surface area contributed by atoms with Crippen LogP contribution in [-0.2, 0) is 4.74 Å². The van der Waals surface area contributed by atoms with E-state index in [2.05, 4.69) is 4.99 Å². The van der Waals surface area contributed by atoms with E-state index in [1.54, 1.807) is 37.1 Å². The Bertz CT molecular complexity index is 499. The van der Waals surface area contributed by atoms with Crippen LogP contribution in [0.2, 0.25) is 0 Å². The average molecular weight is 265 g/mol. The largest absolute Gasteiger partial charge is 0.496 e. The van der Waals surface area contributed by atoms with Gasteiger partial charge in [-0.15, -0.1) is 0 Å². The van der Waals surface area contributed by atoms with Gasteiger partial charge >= 0.3 is 5.97 Å². The molecule has 2 rings (SSSR count). The van der Waals surface area contributed by atoms with E-state index in [9.17, 15) is 4.79 Å². The lowest BCUT2D eigenvalue weighted by atomic mass is 10.1. The number of benzene rings is 1. The summed E-state index contributed by atoms with van der Waals surface area (Å²) in [5.74, 6) is 1.51. The van der Waals surface area contributed by atoms with E-state index in [1.165, 1.54) is 0 Å². The van der Waals surface area contributed by atoms with Crippen LogP contribution in [0.5, 0.6) is 5.75 Å². The minimum atomic E-state index is -0.362. The number of fused-ring (bicyclic) bond motifs is 1. The summed E-state index contributed by atoms with van der Waals surface area (Å²) in [6, 6.07) is 5.39. The maximum absolute atomic E-state index is 11.7. The van der Waals surface area contributed by atoms with E-state index in [1.807, 2.05) is 13.2 Å². The molecule has 1 aliphatic heterocycles. The minimum Gasteiger partial charge on any atom is -0.496 e. The zero-order valence-electron chi connectivity index (χ0n) is 10.6. The molecule has 0 radical (unpaired) electrons. The summed E-state index contributed by atoms with van der Waals surface area (Å²) in [5.41, 5.74) is 1.18. The number of hydrogen-bond donors (Lipinski definition) is 0. The summed E-state index contributed by atoms with van der Waals surface area (Å²) in [4.78, 5) is 16.2. The van der Waals surface area contributed by atoms with Gasteiger partial charge in [0.1, 0.15) is 5.75 Å². The van der Waals surface area contributed by atoms with Gasteiger partial charge in [-0.25, -0.2) is 9.79 Å². The molecule has 5 heteroatoms. The molecule has 1 aromatic carbocycles. The van der Waals surface area contributed by atoms with Gasteiger partial charge in [-0.1, -0.05) is 6.07 Å². The molecule has 0 bridgehead atoms. The number of rotatable bonds is 4. The van der Waals surface area contributed by atoms with Crippen molar-refractivity contribution in [3.05, 3.63) is 29.3 Å². The van der Waals surface area contributed by atoms with Crippen LogP contribution >= 0.6 is 11.8 Å². The fourth-order valence-electron chi connectivity index (χ4n) is 1.86. The number of carbonyl (C=O) groups excluding carboxylic acids is 1. The highest BCUT2D eigenvalue weighted by Gasteiger charge is 2.31. The van der Waals surface area contributed by atoms with E-state index >= 15 is 0 Å². The van der Waals surface area contributed by atoms with Crippen molar-refractivity contribution < 1.29 is 14.3 Å². The molecule has 0 saturated carbocycles. The van der Waals surface area contributed by atoms with E-state index in [0.29, 0.717) is 22.8 Å². The third-order valence-corrected chi connectivity index (χ3v) is 3.43. The summed E-state index contributed by atoms with van der Waals surface area (Å²) in [6.07, 6.45) is 2.02. The second kappa shape index (κ2) is 5.44. The minimum absolute atomic E-state index is 0.0960. The number of cyclic esters (lactones) is 1. The summed E-state index contributed by atoms with van der Waals surface area (Å²) >= 11 is 1.71. The Hall–Kier alpha value is -1.49. The van der Waals surface area contributed by atoms with Crippen molar-refractivity contribution in [3.63, 3.8) is 0 Å². The lowest BCUT2D eigenvalue weighted by Crippen LogP contribution is -2.09. The fraction of sp³-hybridized carbons (Fsp3) is 0.385. The van der Waals surface area contributed by atoms with Gasteiger partial charge in [0.25, 0.3) is 0 Å². The normalized spacial score (nSPS) is 17.5. The third kappa shape index (κ3) is 2.36. The number of aliphatic imine (C=N–C) groups is 1. The summed E-state index contributed by atoms with van der Waals surface area (Å²) in [5, 5.41) is 0. The van der Waals surface area contributed by atoms with Gasteiger partial charge in [0.2, 0.25) is 5.90 Å². The number of thioether (sulfide) groups is 1. The zero-order valence-corrected chi connectivity index (χ0v) is 11.4. The van der Waals surface area contributed by atoms with Gasteiger partial charge < -0.3 is 9.47 Å². The Labute approximate surface area is 110 Å². The average Bonchev–Trinajstić information content (AvgIpc) is 2.67. The van der Waals surface area contributed by atoms with E-state index in [-0.39, 0.29) is 12.0 Å². The van der Waals surface area contributed by atoms with Crippen LogP contribution in [0.4, 0.5) is 0 Å². The van der Waals surface area contributed by atoms with Crippen LogP contribution in [0.15, 0.2) is 23.2 Å². The predicted octanol–water partition coefficient (Wildman–Crippen LogP) is 2.36. The third-order valence-electron chi connectivity index (χ3n) is 2.61. The number of ether oxygens (including phenoxy) is 2. The van der Waals surface area contributed by atoms with Crippen molar-refractivity contribution in [2.45, 2.75) is 13.0 Å². The molecule has 0 spiro atoms. The van der Waals surface area contributed by atoms with Crippen LogP contribution in [0.25, 0.3) is 0 Å². The SMILES string of the molecule is COc1cccc2c1/C(=N/[C@@H](C)CSC)OC2=O. The second-order valence-corrected chi connectivity index (χ2v) is 4.92. The molecule has 18 heavy (non-hydrogen) atoms. The number of esters is 1. The van der Waals surface area contributed by atoms with Gasteiger partial charge in [0, 0.05) is 5.75 Å². The smallest absolute Gasteiger partial charge is 0.345 e. The maximum Gasteiger partial charge on any atom is 0.345 e. The van der Waals surface area contributed by atoms with Gasteiger partial charge in [0.05, 0.1) is 24.3 Å². The monoisotopic (exact) mass is 265 g/mol. The van der Waals surface area contributed by atoms with Crippen molar-refractivity contribution in [2.24, 2.45) is 4.99 Å². The highest BCUT2D eigenvalue weighted by atomic mass is 32.2. The van der Waals surface area contributed by atoms with Gasteiger partial charge in [-0.2, -0.15) is 11.8 Å². The Kier molecular flexibility index (Phi) is 3.91. The van der Waals surface area contributed by atoms with Crippen molar-refractivity contribution in [1.82, 2.24) is 0 Å². The van der Waals surface area contributed by atoms with E-state index < -0.39 is 0 Å². The second-order valence-electron chi connectivity index (χ2n) is 4.01. The summed E-state index contributed by atoms with van der Waals surface area (Å²) in [7, 11) is 1.57. The lowest BCUT2D eigenvalue weighted by molar-refractivity contribution is 0.0736. The zero-order chi connectivity index (χ0) is 13.1. The standard InChI is InChI=1S/C13H15NO3S/c1-8(7-18-3)14-12-11-9(13(15)17-12)5-4-6-10(11)16-2/h4-6,8H,7H2,1-3H3/b14-12-/t8-/m0/s1. The summed E-state index contributed by atoms with van der Waals surface area (Å²) < 4.78 is 10.5. The van der Waals surface area contributed by atoms with Crippen LogP contribution in [0.3, 0.4) is 0 Å². The summed E-state index contributed by atoms with van der Waals surface area (Å²) in [6.45, 7) is 1.99. The molecule has 0 aromatic heterocycles. The molecule has 96 valence electrons. The Morgan fingerprint density at radius 2 is 2.28 bits per heavy atom. The van der Waals surface area contributed by atoms with Crippen molar-refractivity contribution >= 4 is 23.6 Å². The molecule has 0 fully saturated rings. The first-order valence-corrected chi connectivity index (χ1v) is 7.03. The first-order chi connectivity index (χ1) is 8.67. The topological polar surface area (TPSA) is 47.9 Å². The van der Waals surface area contributed by atoms with Crippen molar-refractivity contribution in [3.8, 4) is 5.75 Å². The Morgan fingerprint density at radius 3 is 2.94 bits per heavy atom. The quantitative estimate of drug-likeness (QED) is 0.784. The molecular weight excluding hydrogens is 250 g/mol. The van der Waals surface area contributed by atoms with Crippen LogP contribution in [-0.4, -0.2) is 37.0 Å². The molecule has 0 amide bonds. The molecule has 1 heterocycles. The van der Waals surface area contributed by atoms with E-state index in [4.69, 9.17) is 9.47 Å². The fourth-order valence-corrected chi connectivity index (χ4v) is 2.41. The molecule has 0 unspecified atom stereocenters. The molecule has 1 aromatic rings. The molecule has 0 N–H and O–H groups in total. The van der Waals surface area contributed by atoms with Gasteiger partial charge in [-0.3, -0.25) is 0 Å². The number of nitrogens with zero attached hydrogens (tertiary/aromatic N) is 1. The molecular formula is C13H15NO3S. The van der Waals surface area contributed by atoms with Crippen molar-refractivity contribution in [1.29, 1.82) is 0 Å². The highest BCUT2D eigenvalue weighted by Crippen LogP contribution is 2.29. The maximum atomic E-state index is 11.7. The van der Waals surface area contributed by atoms with Crippen LogP contribution in [0, 0.1) is 0 Å². The molecule has 4 nitrogen and oxygen atoms in total. The van der Waals surface area contributed by atoms with Crippen LogP contribution in [0.1, 0.15) is 22.8 Å². The number of hydrogen-bond acceptors (Lipinski definition) is 5. The first-order valence-electron chi connectivity index (χ1n) is 5.63. The van der Waals surface area contributed by atoms with Crippen molar-refractivity contribution in [2.75, 3.05) is 19.1 Å². The molecule has 1 atom stereocenters. The van der Waals surface area contributed by atoms with Gasteiger partial charge in [0.15, 0.2) is 0 Å². The lowest BCUT2D eigenvalue weighted by Gasteiger charge is -2.07. The predicted molar refractivity (Wildman–Crippen MR) is 72.8 cm³/mol. The Balaban J connectivity index is 2.42. The molecule has 1 aliphatic rings. The highest BCUT2D eigenvalue weighted by molar-refractivity contribution is 7.98. The van der Waals surface area contributed by atoms with E-state index in [0.717, 1.165) is 5.75 Å². The molecule has 0 saturated heterocycles. The first kappa shape index (κ1) is 13.0. The van der Waals surface area contributed by atoms with Gasteiger partial charge in [-0.05, 0) is 25.3 Å². The number of methoxy groups -OCH3 is 1. The Morgan fingerprint density at radius 1 is 1.50 bits per heavy atom.